The van der Waals surface area contributed by atoms with Gasteiger partial charge in [-0.15, -0.1) is 0 Å². The molecule has 0 spiro atoms. The van der Waals surface area contributed by atoms with Crippen molar-refractivity contribution in [1.29, 1.82) is 0 Å². The van der Waals surface area contributed by atoms with Crippen LogP contribution in [0.2, 0.25) is 0 Å². The first-order chi connectivity index (χ1) is 6.18. The minimum atomic E-state index is 0.517. The molecule has 0 saturated heterocycles. The Kier molecular flexibility index (Phi) is 1.52. The highest BCUT2D eigenvalue weighted by Gasteiger charge is 2.02. The van der Waals surface area contributed by atoms with E-state index in [-0.39, 0.29) is 0 Å². The van der Waals surface area contributed by atoms with Crippen LogP contribution >= 0.6 is 0 Å². The second-order valence-corrected chi connectivity index (χ2v) is 2.95. The molecule has 0 aromatic heterocycles. The molecule has 0 atom stereocenters. The lowest BCUT2D eigenvalue weighted by Crippen LogP contribution is -1.94. The zero-order valence-corrected chi connectivity index (χ0v) is 7.04. The van der Waals surface area contributed by atoms with Gasteiger partial charge in [0.1, 0.15) is 0 Å². The summed E-state index contributed by atoms with van der Waals surface area (Å²) in [5, 5.41) is 1.69. The van der Waals surface area contributed by atoms with E-state index in [4.69, 9.17) is 17.2 Å². The van der Waals surface area contributed by atoms with Gasteiger partial charge in [0.15, 0.2) is 0 Å². The van der Waals surface area contributed by atoms with Crippen molar-refractivity contribution in [2.75, 3.05) is 17.2 Å². The Morgan fingerprint density at radius 2 is 1.77 bits per heavy atom. The van der Waals surface area contributed by atoms with Crippen molar-refractivity contribution in [2.45, 2.75) is 0 Å². The first-order valence-electron chi connectivity index (χ1n) is 3.94. The van der Waals surface area contributed by atoms with Gasteiger partial charge in [-0.1, -0.05) is 12.1 Å². The molecule has 1 radical (unpaired) electrons. The number of rotatable bonds is 0. The third-order valence-electron chi connectivity index (χ3n) is 1.99. The molecule has 0 unspecified atom stereocenters. The van der Waals surface area contributed by atoms with Crippen LogP contribution in [0.15, 0.2) is 24.3 Å². The molecule has 0 aliphatic heterocycles. The van der Waals surface area contributed by atoms with Crippen molar-refractivity contribution in [3.8, 4) is 0 Å². The largest absolute Gasteiger partial charge is 0.398 e. The molecule has 3 heteroatoms. The van der Waals surface area contributed by atoms with Crippen LogP contribution in [0.25, 0.3) is 10.8 Å². The summed E-state index contributed by atoms with van der Waals surface area (Å²) in [6.07, 6.45) is 0. The van der Waals surface area contributed by atoms with Gasteiger partial charge in [-0.2, -0.15) is 0 Å². The van der Waals surface area contributed by atoms with Crippen molar-refractivity contribution in [3.05, 3.63) is 30.3 Å². The molecule has 0 aliphatic carbocycles. The van der Waals surface area contributed by atoms with E-state index < -0.39 is 0 Å². The zero-order valence-electron chi connectivity index (χ0n) is 7.04. The first-order valence-corrected chi connectivity index (χ1v) is 3.94. The van der Waals surface area contributed by atoms with Crippen LogP contribution in [0.1, 0.15) is 0 Å². The van der Waals surface area contributed by atoms with Gasteiger partial charge in [0.05, 0.1) is 0 Å². The van der Waals surface area contributed by atoms with Crippen LogP contribution in [-0.4, -0.2) is 0 Å². The first kappa shape index (κ1) is 7.73. The summed E-state index contributed by atoms with van der Waals surface area (Å²) in [5.41, 5.74) is 18.9. The van der Waals surface area contributed by atoms with Crippen LogP contribution in [0, 0.1) is 6.07 Å². The van der Waals surface area contributed by atoms with E-state index >= 15 is 0 Å². The molecule has 0 amide bonds. The van der Waals surface area contributed by atoms with E-state index in [0.29, 0.717) is 17.1 Å². The number of hydrogen-bond acceptors (Lipinski definition) is 3. The molecule has 65 valence electrons. The molecule has 2 aromatic rings. The second kappa shape index (κ2) is 2.55. The summed E-state index contributed by atoms with van der Waals surface area (Å²) in [7, 11) is 0. The average Bonchev–Trinajstić information content (AvgIpc) is 2.07. The number of benzene rings is 2. The Bertz CT molecular complexity index is 463. The number of fused-ring (bicyclic) bond motifs is 1. The van der Waals surface area contributed by atoms with E-state index in [0.717, 1.165) is 10.8 Å². The number of hydrogen-bond donors (Lipinski definition) is 3. The maximum Gasteiger partial charge on any atom is 0.0422 e. The predicted molar refractivity (Wildman–Crippen MR) is 56.0 cm³/mol. The van der Waals surface area contributed by atoms with Gasteiger partial charge in [0.25, 0.3) is 0 Å². The van der Waals surface area contributed by atoms with Crippen molar-refractivity contribution in [3.63, 3.8) is 0 Å². The Labute approximate surface area is 76.1 Å². The van der Waals surface area contributed by atoms with Gasteiger partial charge >= 0.3 is 0 Å². The quantitative estimate of drug-likeness (QED) is 0.525. The molecule has 13 heavy (non-hydrogen) atoms. The van der Waals surface area contributed by atoms with Gasteiger partial charge in [-0.25, -0.2) is 0 Å². The molecule has 0 fully saturated rings. The van der Waals surface area contributed by atoms with Crippen LogP contribution in [0.3, 0.4) is 0 Å². The molecule has 0 saturated carbocycles. The van der Waals surface area contributed by atoms with Crippen LogP contribution in [-0.2, 0) is 0 Å². The Morgan fingerprint density at radius 3 is 2.54 bits per heavy atom. The summed E-state index contributed by atoms with van der Waals surface area (Å²) in [6.45, 7) is 0. The zero-order chi connectivity index (χ0) is 9.42. The molecule has 0 heterocycles. The summed E-state index contributed by atoms with van der Waals surface area (Å²) < 4.78 is 0. The summed E-state index contributed by atoms with van der Waals surface area (Å²) in [5.74, 6) is 0. The lowest BCUT2D eigenvalue weighted by Gasteiger charge is -2.05. The van der Waals surface area contributed by atoms with E-state index in [1.165, 1.54) is 0 Å². The normalized spacial score (nSPS) is 10.5. The van der Waals surface area contributed by atoms with Crippen LogP contribution in [0.5, 0.6) is 0 Å². The summed E-state index contributed by atoms with van der Waals surface area (Å²) >= 11 is 0. The highest BCUT2D eigenvalue weighted by atomic mass is 14.6. The highest BCUT2D eigenvalue weighted by Crippen LogP contribution is 2.27. The molecule has 0 aliphatic rings. The van der Waals surface area contributed by atoms with Gasteiger partial charge in [-0.05, 0) is 12.1 Å². The van der Waals surface area contributed by atoms with E-state index in [9.17, 15) is 0 Å². The number of nitrogens with two attached hydrogens (primary N) is 3. The Balaban J connectivity index is 2.94. The van der Waals surface area contributed by atoms with Crippen molar-refractivity contribution in [1.82, 2.24) is 0 Å². The van der Waals surface area contributed by atoms with Gasteiger partial charge in [-0.3, -0.25) is 0 Å². The minimum absolute atomic E-state index is 0.517. The van der Waals surface area contributed by atoms with E-state index in [2.05, 4.69) is 6.07 Å². The van der Waals surface area contributed by atoms with Crippen molar-refractivity contribution >= 4 is 27.8 Å². The molecule has 2 aromatic carbocycles. The standard InChI is InChI=1S/C10H10N3/c11-6-4-8-7(10(13)5-6)2-1-3-9(8)12/h1-3,5H,11-13H2. The van der Waals surface area contributed by atoms with Crippen LogP contribution < -0.4 is 17.2 Å². The van der Waals surface area contributed by atoms with Gasteiger partial charge < -0.3 is 17.2 Å². The van der Waals surface area contributed by atoms with Crippen molar-refractivity contribution in [2.24, 2.45) is 0 Å². The average molecular weight is 172 g/mol. The van der Waals surface area contributed by atoms with Gasteiger partial charge in [0.2, 0.25) is 0 Å². The Hall–Kier alpha value is -1.90. The smallest absolute Gasteiger partial charge is 0.0422 e. The van der Waals surface area contributed by atoms with Crippen molar-refractivity contribution < 1.29 is 0 Å². The lowest BCUT2D eigenvalue weighted by atomic mass is 10.1. The Morgan fingerprint density at radius 1 is 1.00 bits per heavy atom. The molecule has 0 bridgehead atoms. The van der Waals surface area contributed by atoms with Crippen LogP contribution in [0.4, 0.5) is 17.1 Å². The highest BCUT2D eigenvalue weighted by molar-refractivity contribution is 6.01. The third-order valence-corrected chi connectivity index (χ3v) is 1.99. The van der Waals surface area contributed by atoms with Gasteiger partial charge in [0, 0.05) is 33.9 Å². The minimum Gasteiger partial charge on any atom is -0.398 e. The maximum absolute atomic E-state index is 5.77. The molecule has 6 N–H and O–H groups in total. The predicted octanol–water partition coefficient (Wildman–Crippen LogP) is 1.39. The lowest BCUT2D eigenvalue weighted by molar-refractivity contribution is 1.69. The molecule has 3 nitrogen and oxygen atoms in total. The van der Waals surface area contributed by atoms with E-state index in [1.807, 2.05) is 12.1 Å². The summed E-state index contributed by atoms with van der Waals surface area (Å²) in [6, 6.07) is 10.2. The fraction of sp³-hybridized carbons (Fsp3) is 0. The summed E-state index contributed by atoms with van der Waals surface area (Å²) in [4.78, 5) is 0. The number of nitrogen functional groups attached to an aromatic ring is 3. The molecular formula is C10H10N3. The SMILES string of the molecule is Nc1[c]c2c(N)cccc2c(N)c1. The second-order valence-electron chi connectivity index (χ2n) is 2.95. The topological polar surface area (TPSA) is 78.1 Å². The molecular weight excluding hydrogens is 162 g/mol. The third kappa shape index (κ3) is 1.14. The maximum atomic E-state index is 5.77. The fourth-order valence-corrected chi connectivity index (χ4v) is 1.38. The fourth-order valence-electron chi connectivity index (χ4n) is 1.38. The monoisotopic (exact) mass is 172 g/mol. The number of anilines is 3. The van der Waals surface area contributed by atoms with E-state index in [1.54, 1.807) is 12.1 Å². The molecule has 2 rings (SSSR count).